The molecule has 1 atom stereocenters. The van der Waals surface area contributed by atoms with E-state index in [0.29, 0.717) is 5.41 Å². The molecular formula is C13H21N3. The van der Waals surface area contributed by atoms with Gasteiger partial charge in [0.25, 0.3) is 0 Å². The first-order valence-corrected chi connectivity index (χ1v) is 5.88. The van der Waals surface area contributed by atoms with Crippen molar-refractivity contribution in [2.24, 2.45) is 11.1 Å². The Kier molecular flexibility index (Phi) is 3.17. The molecule has 16 heavy (non-hydrogen) atoms. The fourth-order valence-electron chi connectivity index (χ4n) is 2.38. The molecule has 1 aromatic rings. The lowest BCUT2D eigenvalue weighted by molar-refractivity contribution is 0.274. The molecule has 1 aromatic carbocycles. The summed E-state index contributed by atoms with van der Waals surface area (Å²) < 4.78 is 0. The third-order valence-corrected chi connectivity index (χ3v) is 3.49. The maximum atomic E-state index is 5.80. The second-order valence-corrected chi connectivity index (χ2v) is 5.22. The van der Waals surface area contributed by atoms with Crippen LogP contribution in [-0.4, -0.2) is 24.5 Å². The highest BCUT2D eigenvalue weighted by atomic mass is 15.2. The van der Waals surface area contributed by atoms with E-state index in [4.69, 9.17) is 11.5 Å². The van der Waals surface area contributed by atoms with Crippen LogP contribution in [0.3, 0.4) is 0 Å². The van der Waals surface area contributed by atoms with Gasteiger partial charge in [0.2, 0.25) is 0 Å². The van der Waals surface area contributed by atoms with Crippen LogP contribution in [0.2, 0.25) is 0 Å². The third kappa shape index (κ3) is 2.54. The van der Waals surface area contributed by atoms with Gasteiger partial charge >= 0.3 is 0 Å². The van der Waals surface area contributed by atoms with Gasteiger partial charge in [0.05, 0.1) is 0 Å². The number of hydrogen-bond donors (Lipinski definition) is 2. The molecule has 4 N–H and O–H groups in total. The van der Waals surface area contributed by atoms with Crippen molar-refractivity contribution in [3.05, 3.63) is 29.8 Å². The van der Waals surface area contributed by atoms with Crippen molar-refractivity contribution in [1.82, 2.24) is 4.90 Å². The standard InChI is InChI=1S/C13H21N3/c1-13(9-14)5-6-16(10-13)8-11-3-2-4-12(15)7-11/h2-4,7H,5-6,8-10,14-15H2,1H3. The summed E-state index contributed by atoms with van der Waals surface area (Å²) in [5, 5.41) is 0. The molecule has 0 saturated carbocycles. The van der Waals surface area contributed by atoms with Gasteiger partial charge in [-0.1, -0.05) is 19.1 Å². The summed E-state index contributed by atoms with van der Waals surface area (Å²) in [7, 11) is 0. The second-order valence-electron chi connectivity index (χ2n) is 5.22. The zero-order valence-electron chi connectivity index (χ0n) is 9.95. The average Bonchev–Trinajstić information content (AvgIpc) is 2.61. The number of nitrogens with two attached hydrogens (primary N) is 2. The Hall–Kier alpha value is -1.06. The summed E-state index contributed by atoms with van der Waals surface area (Å²) in [6, 6.07) is 8.13. The van der Waals surface area contributed by atoms with Gasteiger partial charge in [0.15, 0.2) is 0 Å². The molecule has 0 spiro atoms. The van der Waals surface area contributed by atoms with Gasteiger partial charge in [-0.3, -0.25) is 4.90 Å². The topological polar surface area (TPSA) is 55.3 Å². The monoisotopic (exact) mass is 219 g/mol. The maximum Gasteiger partial charge on any atom is 0.0317 e. The Morgan fingerprint density at radius 2 is 2.25 bits per heavy atom. The molecule has 3 heteroatoms. The minimum Gasteiger partial charge on any atom is -0.399 e. The Morgan fingerprint density at radius 1 is 1.44 bits per heavy atom. The zero-order chi connectivity index (χ0) is 11.6. The number of benzene rings is 1. The molecule has 88 valence electrons. The van der Waals surface area contributed by atoms with Gasteiger partial charge < -0.3 is 11.5 Å². The van der Waals surface area contributed by atoms with Crippen LogP contribution >= 0.6 is 0 Å². The van der Waals surface area contributed by atoms with E-state index >= 15 is 0 Å². The first-order valence-electron chi connectivity index (χ1n) is 5.88. The Labute approximate surface area is 97.4 Å². The van der Waals surface area contributed by atoms with E-state index in [0.717, 1.165) is 31.9 Å². The molecule has 0 aliphatic carbocycles. The van der Waals surface area contributed by atoms with Gasteiger partial charge in [0.1, 0.15) is 0 Å². The number of likely N-dealkylation sites (tertiary alicyclic amines) is 1. The van der Waals surface area contributed by atoms with Crippen molar-refractivity contribution in [2.75, 3.05) is 25.4 Å². The highest BCUT2D eigenvalue weighted by Crippen LogP contribution is 2.29. The lowest BCUT2D eigenvalue weighted by Gasteiger charge is -2.22. The van der Waals surface area contributed by atoms with Crippen LogP contribution in [-0.2, 0) is 6.54 Å². The third-order valence-electron chi connectivity index (χ3n) is 3.49. The smallest absolute Gasteiger partial charge is 0.0317 e. The van der Waals surface area contributed by atoms with E-state index in [2.05, 4.69) is 24.0 Å². The summed E-state index contributed by atoms with van der Waals surface area (Å²) in [4.78, 5) is 2.46. The van der Waals surface area contributed by atoms with Crippen molar-refractivity contribution < 1.29 is 0 Å². The molecule has 2 rings (SSSR count). The van der Waals surface area contributed by atoms with E-state index in [9.17, 15) is 0 Å². The SMILES string of the molecule is CC1(CN)CCN(Cc2cccc(N)c2)C1. The van der Waals surface area contributed by atoms with Crippen LogP contribution in [0.25, 0.3) is 0 Å². The van der Waals surface area contributed by atoms with Crippen molar-refractivity contribution in [1.29, 1.82) is 0 Å². The molecule has 3 nitrogen and oxygen atoms in total. The van der Waals surface area contributed by atoms with E-state index in [1.54, 1.807) is 0 Å². The molecule has 0 radical (unpaired) electrons. The fraction of sp³-hybridized carbons (Fsp3) is 0.538. The number of rotatable bonds is 3. The van der Waals surface area contributed by atoms with E-state index in [-0.39, 0.29) is 0 Å². The largest absolute Gasteiger partial charge is 0.399 e. The second kappa shape index (κ2) is 4.44. The first kappa shape index (κ1) is 11.4. The molecule has 1 aliphatic rings. The quantitative estimate of drug-likeness (QED) is 0.756. The molecule has 0 bridgehead atoms. The van der Waals surface area contributed by atoms with Crippen molar-refractivity contribution in [2.45, 2.75) is 19.9 Å². The first-order chi connectivity index (χ1) is 7.61. The van der Waals surface area contributed by atoms with Crippen LogP contribution in [0.15, 0.2) is 24.3 Å². The van der Waals surface area contributed by atoms with E-state index < -0.39 is 0 Å². The fourth-order valence-corrected chi connectivity index (χ4v) is 2.38. The summed E-state index contributed by atoms with van der Waals surface area (Å²) in [6.45, 7) is 6.27. The normalized spacial score (nSPS) is 26.1. The van der Waals surface area contributed by atoms with Crippen LogP contribution in [0.1, 0.15) is 18.9 Å². The molecule has 1 saturated heterocycles. The molecule has 1 aliphatic heterocycles. The number of anilines is 1. The Bertz CT molecular complexity index is 364. The summed E-state index contributed by atoms with van der Waals surface area (Å²) in [5.74, 6) is 0. The highest BCUT2D eigenvalue weighted by molar-refractivity contribution is 5.40. The lowest BCUT2D eigenvalue weighted by Crippen LogP contribution is -2.31. The zero-order valence-corrected chi connectivity index (χ0v) is 9.95. The number of nitrogens with zero attached hydrogens (tertiary/aromatic N) is 1. The van der Waals surface area contributed by atoms with Crippen molar-refractivity contribution in [3.63, 3.8) is 0 Å². The van der Waals surface area contributed by atoms with Crippen molar-refractivity contribution in [3.8, 4) is 0 Å². The molecule has 1 fully saturated rings. The summed E-state index contributed by atoms with van der Waals surface area (Å²) >= 11 is 0. The minimum atomic E-state index is 0.306. The van der Waals surface area contributed by atoms with E-state index in [1.807, 2.05) is 12.1 Å². The number of nitrogen functional groups attached to an aromatic ring is 1. The van der Waals surface area contributed by atoms with Crippen LogP contribution < -0.4 is 11.5 Å². The predicted octanol–water partition coefficient (Wildman–Crippen LogP) is 1.44. The Morgan fingerprint density at radius 3 is 2.88 bits per heavy atom. The van der Waals surface area contributed by atoms with Crippen molar-refractivity contribution >= 4 is 5.69 Å². The van der Waals surface area contributed by atoms with Gasteiger partial charge in [0, 0.05) is 18.8 Å². The summed E-state index contributed by atoms with van der Waals surface area (Å²) in [5.41, 5.74) is 14.0. The van der Waals surface area contributed by atoms with Gasteiger partial charge in [-0.2, -0.15) is 0 Å². The van der Waals surface area contributed by atoms with Crippen LogP contribution in [0.4, 0.5) is 5.69 Å². The molecule has 0 amide bonds. The van der Waals surface area contributed by atoms with Gasteiger partial charge in [-0.25, -0.2) is 0 Å². The van der Waals surface area contributed by atoms with Crippen LogP contribution in [0, 0.1) is 5.41 Å². The van der Waals surface area contributed by atoms with Gasteiger partial charge in [-0.15, -0.1) is 0 Å². The Balaban J connectivity index is 1.97. The molecule has 1 heterocycles. The summed E-state index contributed by atoms with van der Waals surface area (Å²) in [6.07, 6.45) is 1.20. The molecular weight excluding hydrogens is 198 g/mol. The number of hydrogen-bond acceptors (Lipinski definition) is 3. The predicted molar refractivity (Wildman–Crippen MR) is 67.9 cm³/mol. The van der Waals surface area contributed by atoms with Crippen LogP contribution in [0.5, 0.6) is 0 Å². The molecule has 0 aromatic heterocycles. The maximum absolute atomic E-state index is 5.80. The average molecular weight is 219 g/mol. The van der Waals surface area contributed by atoms with Gasteiger partial charge in [-0.05, 0) is 42.6 Å². The lowest BCUT2D eigenvalue weighted by atomic mass is 9.90. The van der Waals surface area contributed by atoms with E-state index in [1.165, 1.54) is 12.0 Å². The highest BCUT2D eigenvalue weighted by Gasteiger charge is 2.32. The minimum absolute atomic E-state index is 0.306. The molecule has 1 unspecified atom stereocenters.